The zero-order valence-electron chi connectivity index (χ0n) is 12.4. The number of carbonyl (C=O) groups is 1. The molecule has 1 amide bonds. The molecule has 0 rings (SSSR count). The van der Waals surface area contributed by atoms with E-state index >= 15 is 0 Å². The molecule has 0 heterocycles. The van der Waals surface area contributed by atoms with Gasteiger partial charge in [-0.15, -0.1) is 24.8 Å². The molecule has 7 heteroatoms. The number of amides is 1. The summed E-state index contributed by atoms with van der Waals surface area (Å²) in [6.07, 6.45) is 0.970. The molecule has 0 aromatic carbocycles. The van der Waals surface area contributed by atoms with E-state index in [0.717, 1.165) is 39.2 Å². The zero-order chi connectivity index (χ0) is 13.1. The summed E-state index contributed by atoms with van der Waals surface area (Å²) in [5, 5.41) is 5.94. The van der Waals surface area contributed by atoms with Gasteiger partial charge in [0.15, 0.2) is 0 Å². The van der Waals surface area contributed by atoms with Crippen LogP contribution in [0, 0.1) is 5.92 Å². The van der Waals surface area contributed by atoms with E-state index in [4.69, 9.17) is 4.74 Å². The maximum Gasteiger partial charge on any atom is 0.224 e. The number of likely N-dealkylation sites (N-methyl/N-ethyl adjacent to an activating group) is 1. The summed E-state index contributed by atoms with van der Waals surface area (Å²) in [5.74, 6) is 0.158. The van der Waals surface area contributed by atoms with Crippen LogP contribution in [0.15, 0.2) is 0 Å². The van der Waals surface area contributed by atoms with Crippen LogP contribution < -0.4 is 10.6 Å². The first kappa shape index (κ1) is 24.0. The number of nitrogens with one attached hydrogen (secondary N) is 2. The smallest absolute Gasteiger partial charge is 0.224 e. The van der Waals surface area contributed by atoms with Gasteiger partial charge in [0.25, 0.3) is 0 Å². The summed E-state index contributed by atoms with van der Waals surface area (Å²) in [4.78, 5) is 13.8. The average Bonchev–Trinajstić information content (AvgIpc) is 2.32. The van der Waals surface area contributed by atoms with E-state index in [9.17, 15) is 4.79 Å². The van der Waals surface area contributed by atoms with Crippen molar-refractivity contribution in [1.29, 1.82) is 0 Å². The van der Waals surface area contributed by atoms with Crippen molar-refractivity contribution in [3.05, 3.63) is 0 Å². The molecule has 0 aliphatic rings. The lowest BCUT2D eigenvalue weighted by molar-refractivity contribution is -0.124. The number of halogens is 2. The molecule has 0 aliphatic heterocycles. The van der Waals surface area contributed by atoms with Crippen molar-refractivity contribution in [2.24, 2.45) is 5.92 Å². The first-order valence-corrected chi connectivity index (χ1v) is 6.21. The lowest BCUT2D eigenvalue weighted by atomic mass is 10.1. The lowest BCUT2D eigenvalue weighted by Gasteiger charge is -2.16. The van der Waals surface area contributed by atoms with Crippen LogP contribution in [-0.2, 0) is 9.53 Å². The second-order valence-corrected chi connectivity index (χ2v) is 4.40. The van der Waals surface area contributed by atoms with Crippen LogP contribution in [0.4, 0.5) is 0 Å². The van der Waals surface area contributed by atoms with Gasteiger partial charge in [0.1, 0.15) is 0 Å². The van der Waals surface area contributed by atoms with Crippen LogP contribution in [0.25, 0.3) is 0 Å². The van der Waals surface area contributed by atoms with Gasteiger partial charge in [0, 0.05) is 32.7 Å². The third kappa shape index (κ3) is 14.2. The number of rotatable bonds is 10. The molecule has 0 aromatic rings. The largest absolute Gasteiger partial charge is 0.383 e. The summed E-state index contributed by atoms with van der Waals surface area (Å²) in [6, 6.07) is 0. The van der Waals surface area contributed by atoms with E-state index < -0.39 is 0 Å². The fourth-order valence-corrected chi connectivity index (χ4v) is 1.49. The molecule has 0 bridgehead atoms. The van der Waals surface area contributed by atoms with Gasteiger partial charge in [0.2, 0.25) is 5.91 Å². The standard InChI is InChI=1S/C12H27N3O2.2ClH/c1-11(10-13-2)12(16)14-6-5-7-15(3)8-9-17-4;;/h11,13H,5-10H2,1-4H3,(H,14,16);2*1H. The molecule has 0 aliphatic carbocycles. The molecular formula is C12H29Cl2N3O2. The first-order valence-electron chi connectivity index (χ1n) is 6.21. The summed E-state index contributed by atoms with van der Waals surface area (Å²) >= 11 is 0. The maximum atomic E-state index is 11.6. The van der Waals surface area contributed by atoms with Gasteiger partial charge in [-0.1, -0.05) is 6.92 Å². The predicted molar refractivity (Wildman–Crippen MR) is 84.6 cm³/mol. The fourth-order valence-electron chi connectivity index (χ4n) is 1.49. The minimum absolute atomic E-state index is 0. The highest BCUT2D eigenvalue weighted by Gasteiger charge is 2.10. The predicted octanol–water partition coefficient (Wildman–Crippen LogP) is 0.770. The zero-order valence-corrected chi connectivity index (χ0v) is 14.0. The molecule has 5 nitrogen and oxygen atoms in total. The Bertz CT molecular complexity index is 209. The minimum Gasteiger partial charge on any atom is -0.383 e. The van der Waals surface area contributed by atoms with Crippen LogP contribution in [-0.4, -0.2) is 64.8 Å². The lowest BCUT2D eigenvalue weighted by Crippen LogP contribution is -2.36. The van der Waals surface area contributed by atoms with E-state index in [2.05, 4.69) is 22.6 Å². The van der Waals surface area contributed by atoms with Crippen LogP contribution in [0.3, 0.4) is 0 Å². The molecule has 0 aromatic heterocycles. The van der Waals surface area contributed by atoms with Crippen molar-refractivity contribution in [3.63, 3.8) is 0 Å². The van der Waals surface area contributed by atoms with Gasteiger partial charge < -0.3 is 20.3 Å². The van der Waals surface area contributed by atoms with Gasteiger partial charge in [0.05, 0.1) is 6.61 Å². The molecule has 1 atom stereocenters. The molecule has 0 spiro atoms. The first-order chi connectivity index (χ1) is 8.11. The quantitative estimate of drug-likeness (QED) is 0.584. The van der Waals surface area contributed by atoms with Crippen LogP contribution in [0.2, 0.25) is 0 Å². The third-order valence-electron chi connectivity index (χ3n) is 2.65. The minimum atomic E-state index is 0. The highest BCUT2D eigenvalue weighted by Crippen LogP contribution is 1.92. The summed E-state index contributed by atoms with van der Waals surface area (Å²) in [5.41, 5.74) is 0. The van der Waals surface area contributed by atoms with Gasteiger partial charge in [-0.3, -0.25) is 4.79 Å². The number of hydrogen-bond acceptors (Lipinski definition) is 4. The molecule has 0 saturated carbocycles. The van der Waals surface area contributed by atoms with Crippen molar-refractivity contribution in [3.8, 4) is 0 Å². The van der Waals surface area contributed by atoms with E-state index in [0.29, 0.717) is 0 Å². The normalized spacial score (nSPS) is 11.4. The average molecular weight is 318 g/mol. The maximum absolute atomic E-state index is 11.6. The Labute approximate surface area is 129 Å². The Hall–Kier alpha value is -0.0700. The van der Waals surface area contributed by atoms with Crippen LogP contribution >= 0.6 is 24.8 Å². The molecule has 1 unspecified atom stereocenters. The number of nitrogens with zero attached hydrogens (tertiary/aromatic N) is 1. The third-order valence-corrected chi connectivity index (χ3v) is 2.65. The molecule has 0 saturated heterocycles. The second kappa shape index (κ2) is 16.0. The molecule has 0 radical (unpaired) electrons. The molecule has 0 fully saturated rings. The summed E-state index contributed by atoms with van der Waals surface area (Å²) < 4.78 is 5.00. The van der Waals surface area contributed by atoms with Crippen LogP contribution in [0.5, 0.6) is 0 Å². The van der Waals surface area contributed by atoms with Crippen molar-refractivity contribution in [2.45, 2.75) is 13.3 Å². The van der Waals surface area contributed by atoms with Crippen molar-refractivity contribution in [1.82, 2.24) is 15.5 Å². The Morgan fingerprint density at radius 2 is 1.95 bits per heavy atom. The number of ether oxygens (including phenoxy) is 1. The van der Waals surface area contributed by atoms with Crippen molar-refractivity contribution in [2.75, 3.05) is 54.0 Å². The molecule has 118 valence electrons. The van der Waals surface area contributed by atoms with Gasteiger partial charge in [-0.25, -0.2) is 0 Å². The van der Waals surface area contributed by atoms with Crippen molar-refractivity contribution >= 4 is 30.7 Å². The second-order valence-electron chi connectivity index (χ2n) is 4.40. The number of methoxy groups -OCH3 is 1. The SMILES string of the molecule is CNCC(C)C(=O)NCCCN(C)CCOC.Cl.Cl. The Morgan fingerprint density at radius 3 is 2.47 bits per heavy atom. The van der Waals surface area contributed by atoms with Crippen molar-refractivity contribution < 1.29 is 9.53 Å². The highest BCUT2D eigenvalue weighted by atomic mass is 35.5. The summed E-state index contributed by atoms with van der Waals surface area (Å²) in [7, 11) is 5.62. The number of carbonyl (C=O) groups excluding carboxylic acids is 1. The highest BCUT2D eigenvalue weighted by molar-refractivity contribution is 5.85. The van der Waals surface area contributed by atoms with Gasteiger partial charge in [-0.2, -0.15) is 0 Å². The Kier molecular flexibility index (Phi) is 20.2. The number of hydrogen-bond donors (Lipinski definition) is 2. The molecule has 2 N–H and O–H groups in total. The monoisotopic (exact) mass is 317 g/mol. The van der Waals surface area contributed by atoms with Gasteiger partial charge in [-0.05, 0) is 27.1 Å². The van der Waals surface area contributed by atoms with E-state index in [1.54, 1.807) is 7.11 Å². The topological polar surface area (TPSA) is 53.6 Å². The van der Waals surface area contributed by atoms with E-state index in [-0.39, 0.29) is 36.6 Å². The van der Waals surface area contributed by atoms with Crippen LogP contribution in [0.1, 0.15) is 13.3 Å². The molecular weight excluding hydrogens is 289 g/mol. The summed E-state index contributed by atoms with van der Waals surface area (Å²) in [6.45, 7) is 6.05. The van der Waals surface area contributed by atoms with E-state index in [1.807, 2.05) is 14.0 Å². The fraction of sp³-hybridized carbons (Fsp3) is 0.917. The Morgan fingerprint density at radius 1 is 1.32 bits per heavy atom. The van der Waals surface area contributed by atoms with Gasteiger partial charge >= 0.3 is 0 Å². The Balaban J connectivity index is -0.00000128. The molecule has 19 heavy (non-hydrogen) atoms. The van der Waals surface area contributed by atoms with E-state index in [1.165, 1.54) is 0 Å².